The molecular formula is C74H136O6. The second kappa shape index (κ2) is 68.9. The Kier molecular flexibility index (Phi) is 66.6. The van der Waals surface area contributed by atoms with Crippen molar-refractivity contribution in [1.82, 2.24) is 0 Å². The monoisotopic (exact) mass is 1120 g/mol. The maximum Gasteiger partial charge on any atom is 0.306 e. The summed E-state index contributed by atoms with van der Waals surface area (Å²) < 4.78 is 16.9. The smallest absolute Gasteiger partial charge is 0.306 e. The lowest BCUT2D eigenvalue weighted by molar-refractivity contribution is -0.167. The first kappa shape index (κ1) is 77.4. The summed E-state index contributed by atoms with van der Waals surface area (Å²) in [6, 6.07) is 0. The van der Waals surface area contributed by atoms with E-state index in [0.29, 0.717) is 19.3 Å². The van der Waals surface area contributed by atoms with Crippen LogP contribution in [-0.2, 0) is 28.6 Å². The molecule has 0 amide bonds. The standard InChI is InChI=1S/C74H136O6/c1-4-7-10-13-16-19-22-25-27-28-29-30-31-32-33-34-35-36-37-38-39-40-41-42-43-44-45-46-47-50-52-55-58-61-64-67-73(76)79-70-71(69-78-72(75)66-63-60-57-54-51-48-24-21-18-15-12-9-6-3)80-74(77)68-65-62-59-56-53-49-26-23-20-17-14-11-8-5-2/h12,14-15,17,21,23-24,26,71H,4-11,13,16,18-20,22,25,27-70H2,1-3H3/b15-12-,17-14-,24-21-,26-23-. The van der Waals surface area contributed by atoms with Crippen molar-refractivity contribution in [2.75, 3.05) is 13.2 Å². The third kappa shape index (κ3) is 66.2. The van der Waals surface area contributed by atoms with Gasteiger partial charge in [0.05, 0.1) is 0 Å². The van der Waals surface area contributed by atoms with Crippen LogP contribution in [0.1, 0.15) is 387 Å². The highest BCUT2D eigenvalue weighted by molar-refractivity contribution is 5.71. The molecule has 0 spiro atoms. The number of hydrogen-bond donors (Lipinski definition) is 0. The molecule has 0 saturated heterocycles. The first-order valence-corrected chi connectivity index (χ1v) is 35.6. The molecule has 0 saturated carbocycles. The minimum Gasteiger partial charge on any atom is -0.462 e. The summed E-state index contributed by atoms with van der Waals surface area (Å²) >= 11 is 0. The first-order chi connectivity index (χ1) is 39.5. The Labute approximate surface area is 498 Å². The van der Waals surface area contributed by atoms with Gasteiger partial charge in [-0.05, 0) is 70.6 Å². The predicted octanol–water partition coefficient (Wildman–Crippen LogP) is 24.5. The lowest BCUT2D eigenvalue weighted by atomic mass is 10.0. The minimum absolute atomic E-state index is 0.0803. The van der Waals surface area contributed by atoms with Gasteiger partial charge in [-0.1, -0.05) is 345 Å². The van der Waals surface area contributed by atoms with Crippen molar-refractivity contribution in [3.05, 3.63) is 48.6 Å². The van der Waals surface area contributed by atoms with Crippen LogP contribution in [0.15, 0.2) is 48.6 Å². The van der Waals surface area contributed by atoms with Crippen molar-refractivity contribution in [3.8, 4) is 0 Å². The Morgan fingerprint density at radius 1 is 0.250 bits per heavy atom. The molecule has 0 N–H and O–H groups in total. The third-order valence-electron chi connectivity index (χ3n) is 16.0. The van der Waals surface area contributed by atoms with Gasteiger partial charge in [-0.25, -0.2) is 0 Å². The van der Waals surface area contributed by atoms with Gasteiger partial charge >= 0.3 is 17.9 Å². The molecule has 1 atom stereocenters. The van der Waals surface area contributed by atoms with Crippen LogP contribution < -0.4 is 0 Å². The zero-order chi connectivity index (χ0) is 57.8. The summed E-state index contributed by atoms with van der Waals surface area (Å²) in [5.41, 5.74) is 0. The number of esters is 3. The molecule has 0 aromatic heterocycles. The van der Waals surface area contributed by atoms with Crippen LogP contribution in [0.5, 0.6) is 0 Å². The van der Waals surface area contributed by atoms with E-state index in [1.807, 2.05) is 0 Å². The first-order valence-electron chi connectivity index (χ1n) is 35.6. The second-order valence-corrected chi connectivity index (χ2v) is 24.1. The summed E-state index contributed by atoms with van der Waals surface area (Å²) in [6.07, 6.45) is 87.5. The molecule has 6 heteroatoms. The van der Waals surface area contributed by atoms with Gasteiger partial charge in [-0.3, -0.25) is 14.4 Å². The highest BCUT2D eigenvalue weighted by atomic mass is 16.6. The Morgan fingerprint density at radius 2 is 0.487 bits per heavy atom. The molecule has 1 unspecified atom stereocenters. The average Bonchev–Trinajstić information content (AvgIpc) is 3.46. The highest BCUT2D eigenvalue weighted by Crippen LogP contribution is 2.19. The summed E-state index contributed by atoms with van der Waals surface area (Å²) in [6.45, 7) is 6.57. The van der Waals surface area contributed by atoms with Crippen LogP contribution >= 0.6 is 0 Å². The van der Waals surface area contributed by atoms with Crippen LogP contribution in [0.4, 0.5) is 0 Å². The average molecular weight is 1120 g/mol. The minimum atomic E-state index is -0.785. The fourth-order valence-electron chi connectivity index (χ4n) is 10.7. The van der Waals surface area contributed by atoms with Crippen LogP contribution in [0.2, 0.25) is 0 Å². The molecule has 6 nitrogen and oxygen atoms in total. The Hall–Kier alpha value is -2.63. The second-order valence-electron chi connectivity index (χ2n) is 24.1. The topological polar surface area (TPSA) is 78.9 Å². The van der Waals surface area contributed by atoms with Crippen LogP contribution in [-0.4, -0.2) is 37.2 Å². The van der Waals surface area contributed by atoms with E-state index in [0.717, 1.165) is 109 Å². The molecule has 0 radical (unpaired) electrons. The van der Waals surface area contributed by atoms with E-state index in [2.05, 4.69) is 69.4 Å². The van der Waals surface area contributed by atoms with E-state index in [4.69, 9.17) is 14.2 Å². The van der Waals surface area contributed by atoms with Crippen LogP contribution in [0.25, 0.3) is 0 Å². The van der Waals surface area contributed by atoms with Gasteiger partial charge in [-0.2, -0.15) is 0 Å². The van der Waals surface area contributed by atoms with E-state index >= 15 is 0 Å². The van der Waals surface area contributed by atoms with Gasteiger partial charge in [-0.15, -0.1) is 0 Å². The SMILES string of the molecule is CCC/C=C\C/C=C\CCCCCCCC(=O)OCC(COC(=O)CCCCCCCCCCCCCCCCCCCCCCCCCCCCCCCCCCCCC)OC(=O)CCCCCCC/C=C\C/C=C\CCCC. The van der Waals surface area contributed by atoms with Gasteiger partial charge < -0.3 is 14.2 Å². The number of ether oxygens (including phenoxy) is 3. The summed E-state index contributed by atoms with van der Waals surface area (Å²) in [4.78, 5) is 38.3. The Balaban J connectivity index is 4.03. The largest absolute Gasteiger partial charge is 0.462 e. The number of unbranched alkanes of at least 4 members (excludes halogenated alkanes) is 47. The number of carbonyl (C=O) groups is 3. The van der Waals surface area contributed by atoms with Crippen LogP contribution in [0.3, 0.4) is 0 Å². The molecule has 0 fully saturated rings. The van der Waals surface area contributed by atoms with E-state index in [1.165, 1.54) is 238 Å². The van der Waals surface area contributed by atoms with E-state index < -0.39 is 6.10 Å². The van der Waals surface area contributed by atoms with E-state index in [-0.39, 0.29) is 31.1 Å². The maximum absolute atomic E-state index is 12.9. The normalized spacial score (nSPS) is 12.3. The molecule has 0 aliphatic heterocycles. The molecule has 80 heavy (non-hydrogen) atoms. The zero-order valence-corrected chi connectivity index (χ0v) is 53.9. The molecule has 468 valence electrons. The molecule has 0 aromatic rings. The number of hydrogen-bond acceptors (Lipinski definition) is 6. The van der Waals surface area contributed by atoms with E-state index in [1.54, 1.807) is 0 Å². The number of rotatable bonds is 66. The van der Waals surface area contributed by atoms with Crippen molar-refractivity contribution in [1.29, 1.82) is 0 Å². The van der Waals surface area contributed by atoms with Crippen molar-refractivity contribution >= 4 is 17.9 Å². The molecule has 0 heterocycles. The molecule has 0 bridgehead atoms. The van der Waals surface area contributed by atoms with Crippen molar-refractivity contribution in [2.24, 2.45) is 0 Å². The van der Waals surface area contributed by atoms with Gasteiger partial charge in [0.25, 0.3) is 0 Å². The highest BCUT2D eigenvalue weighted by Gasteiger charge is 2.19. The summed E-state index contributed by atoms with van der Waals surface area (Å²) in [7, 11) is 0. The molecule has 0 aromatic carbocycles. The molecular weight excluding hydrogens is 985 g/mol. The van der Waals surface area contributed by atoms with Crippen molar-refractivity contribution in [3.63, 3.8) is 0 Å². The van der Waals surface area contributed by atoms with Crippen LogP contribution in [0, 0.1) is 0 Å². The fraction of sp³-hybridized carbons (Fsp3) is 0.851. The predicted molar refractivity (Wildman–Crippen MR) is 349 cm³/mol. The van der Waals surface area contributed by atoms with Crippen molar-refractivity contribution in [2.45, 2.75) is 393 Å². The lowest BCUT2D eigenvalue weighted by Crippen LogP contribution is -2.30. The van der Waals surface area contributed by atoms with Gasteiger partial charge in [0.15, 0.2) is 6.10 Å². The number of carbonyl (C=O) groups excluding carboxylic acids is 3. The fourth-order valence-corrected chi connectivity index (χ4v) is 10.7. The van der Waals surface area contributed by atoms with E-state index in [9.17, 15) is 14.4 Å². The maximum atomic E-state index is 12.9. The molecule has 0 aliphatic rings. The van der Waals surface area contributed by atoms with Gasteiger partial charge in [0, 0.05) is 19.3 Å². The van der Waals surface area contributed by atoms with Crippen molar-refractivity contribution < 1.29 is 28.6 Å². The van der Waals surface area contributed by atoms with Gasteiger partial charge in [0.1, 0.15) is 13.2 Å². The Morgan fingerprint density at radius 3 is 0.775 bits per heavy atom. The summed E-state index contributed by atoms with van der Waals surface area (Å²) in [5.74, 6) is -0.890. The molecule has 0 rings (SSSR count). The van der Waals surface area contributed by atoms with Gasteiger partial charge in [0.2, 0.25) is 0 Å². The zero-order valence-electron chi connectivity index (χ0n) is 53.9. The number of allylic oxidation sites excluding steroid dienone is 8. The lowest BCUT2D eigenvalue weighted by Gasteiger charge is -2.18. The summed E-state index contributed by atoms with van der Waals surface area (Å²) in [5, 5.41) is 0. The Bertz CT molecular complexity index is 1380. The molecule has 0 aliphatic carbocycles. The third-order valence-corrected chi connectivity index (χ3v) is 16.0. The quantitative estimate of drug-likeness (QED) is 0.0261.